The molecule has 0 atom stereocenters. The molecule has 0 aliphatic rings. The van der Waals surface area contributed by atoms with Gasteiger partial charge in [0.05, 0.1) is 10.7 Å². The third kappa shape index (κ3) is 4.73. The van der Waals surface area contributed by atoms with Crippen molar-refractivity contribution in [1.82, 2.24) is 4.90 Å². The van der Waals surface area contributed by atoms with Gasteiger partial charge >= 0.3 is 18.0 Å². The molecule has 3 N–H and O–H groups in total. The van der Waals surface area contributed by atoms with E-state index < -0.39 is 36.9 Å². The van der Waals surface area contributed by atoms with Gasteiger partial charge in [-0.1, -0.05) is 11.6 Å². The molecular formula is C11H10ClFN2O5. The highest BCUT2D eigenvalue weighted by Gasteiger charge is 2.20. The number of carbonyl (C=O) groups excluding carboxylic acids is 1. The Bertz CT molecular complexity index is 536. The monoisotopic (exact) mass is 304 g/mol. The molecule has 1 aromatic rings. The topological polar surface area (TPSA) is 107 Å². The van der Waals surface area contributed by atoms with Crippen LogP contribution in [0, 0.1) is 5.82 Å². The fourth-order valence-corrected chi connectivity index (χ4v) is 1.48. The number of urea groups is 1. The van der Waals surface area contributed by atoms with Crippen LogP contribution in [0.15, 0.2) is 18.2 Å². The molecule has 0 radical (unpaired) electrons. The molecule has 0 aliphatic carbocycles. The molecule has 20 heavy (non-hydrogen) atoms. The van der Waals surface area contributed by atoms with Gasteiger partial charge in [-0.3, -0.25) is 9.59 Å². The highest BCUT2D eigenvalue weighted by Crippen LogP contribution is 2.22. The maximum absolute atomic E-state index is 13.0. The van der Waals surface area contributed by atoms with Gasteiger partial charge in [-0.15, -0.1) is 0 Å². The molecule has 108 valence electrons. The maximum atomic E-state index is 13.0. The Morgan fingerprint density at radius 2 is 1.75 bits per heavy atom. The molecule has 0 aliphatic heterocycles. The molecule has 1 rings (SSSR count). The van der Waals surface area contributed by atoms with E-state index in [9.17, 15) is 18.8 Å². The van der Waals surface area contributed by atoms with Crippen LogP contribution in [-0.4, -0.2) is 46.2 Å². The molecule has 0 heterocycles. The van der Waals surface area contributed by atoms with Gasteiger partial charge < -0.3 is 20.4 Å². The second-order valence-electron chi connectivity index (χ2n) is 3.70. The van der Waals surface area contributed by atoms with Crippen molar-refractivity contribution in [3.05, 3.63) is 29.0 Å². The zero-order chi connectivity index (χ0) is 15.3. The number of hydrogen-bond acceptors (Lipinski definition) is 3. The van der Waals surface area contributed by atoms with Crippen molar-refractivity contribution < 1.29 is 29.0 Å². The van der Waals surface area contributed by atoms with Crippen molar-refractivity contribution in [2.24, 2.45) is 0 Å². The average molecular weight is 305 g/mol. The predicted molar refractivity (Wildman–Crippen MR) is 67.3 cm³/mol. The van der Waals surface area contributed by atoms with Crippen LogP contribution in [0.3, 0.4) is 0 Å². The number of halogens is 2. The first-order chi connectivity index (χ1) is 9.29. The van der Waals surface area contributed by atoms with E-state index in [1.165, 1.54) is 6.07 Å². The first-order valence-electron chi connectivity index (χ1n) is 5.24. The Balaban J connectivity index is 2.86. The predicted octanol–water partition coefficient (Wildman–Crippen LogP) is 1.48. The number of aliphatic carboxylic acids is 2. The molecule has 0 unspecified atom stereocenters. The van der Waals surface area contributed by atoms with E-state index in [-0.39, 0.29) is 10.7 Å². The Morgan fingerprint density at radius 3 is 2.25 bits per heavy atom. The van der Waals surface area contributed by atoms with Crippen LogP contribution in [0.2, 0.25) is 5.02 Å². The lowest BCUT2D eigenvalue weighted by molar-refractivity contribution is -0.140. The maximum Gasteiger partial charge on any atom is 0.323 e. The van der Waals surface area contributed by atoms with Gasteiger partial charge in [-0.25, -0.2) is 9.18 Å². The SMILES string of the molecule is O=C(O)CN(CC(=O)O)C(=O)Nc1cc(F)ccc1Cl. The molecule has 9 heteroatoms. The summed E-state index contributed by atoms with van der Waals surface area (Å²) in [5.41, 5.74) is -0.0857. The van der Waals surface area contributed by atoms with E-state index in [0.29, 0.717) is 4.90 Å². The minimum absolute atomic E-state index is 0.0327. The lowest BCUT2D eigenvalue weighted by atomic mass is 10.3. The number of nitrogens with zero attached hydrogens (tertiary/aromatic N) is 1. The summed E-state index contributed by atoms with van der Waals surface area (Å²) in [6, 6.07) is 2.19. The van der Waals surface area contributed by atoms with E-state index in [0.717, 1.165) is 12.1 Å². The average Bonchev–Trinajstić information content (AvgIpc) is 2.31. The van der Waals surface area contributed by atoms with Gasteiger partial charge in [0.2, 0.25) is 0 Å². The van der Waals surface area contributed by atoms with Crippen LogP contribution in [-0.2, 0) is 9.59 Å². The first-order valence-corrected chi connectivity index (χ1v) is 5.62. The lowest BCUT2D eigenvalue weighted by Crippen LogP contribution is -2.42. The highest BCUT2D eigenvalue weighted by molar-refractivity contribution is 6.33. The summed E-state index contributed by atoms with van der Waals surface area (Å²) in [7, 11) is 0. The highest BCUT2D eigenvalue weighted by atomic mass is 35.5. The van der Waals surface area contributed by atoms with Crippen LogP contribution in [0.4, 0.5) is 14.9 Å². The number of rotatable bonds is 5. The van der Waals surface area contributed by atoms with Crippen molar-refractivity contribution in [3.8, 4) is 0 Å². The minimum atomic E-state index is -1.38. The molecule has 7 nitrogen and oxygen atoms in total. The summed E-state index contributed by atoms with van der Waals surface area (Å²) in [6.07, 6.45) is 0. The fourth-order valence-electron chi connectivity index (χ4n) is 1.31. The summed E-state index contributed by atoms with van der Waals surface area (Å²) in [6.45, 7) is -1.63. The Kier molecular flexibility index (Phi) is 5.27. The second-order valence-corrected chi connectivity index (χ2v) is 4.11. The van der Waals surface area contributed by atoms with E-state index in [1.807, 2.05) is 0 Å². The standard InChI is InChI=1S/C11H10ClFN2O5/c12-7-2-1-6(13)3-8(7)14-11(20)15(4-9(16)17)5-10(18)19/h1-3H,4-5H2,(H,14,20)(H,16,17)(H,18,19). The number of nitrogens with one attached hydrogen (secondary N) is 1. The van der Waals surface area contributed by atoms with Gasteiger partial charge in [0.15, 0.2) is 0 Å². The van der Waals surface area contributed by atoms with Gasteiger partial charge in [0.25, 0.3) is 0 Å². The molecule has 0 saturated heterocycles. The number of carboxylic acids is 2. The van der Waals surface area contributed by atoms with Gasteiger partial charge in [-0.05, 0) is 18.2 Å². The second kappa shape index (κ2) is 6.71. The van der Waals surface area contributed by atoms with E-state index in [2.05, 4.69) is 5.32 Å². The molecule has 0 aromatic heterocycles. The van der Waals surface area contributed by atoms with Crippen LogP contribution in [0.1, 0.15) is 0 Å². The summed E-state index contributed by atoms with van der Waals surface area (Å²) in [5.74, 6) is -3.42. The van der Waals surface area contributed by atoms with Crippen molar-refractivity contribution in [2.45, 2.75) is 0 Å². The van der Waals surface area contributed by atoms with Crippen LogP contribution >= 0.6 is 11.6 Å². The molecule has 0 bridgehead atoms. The van der Waals surface area contributed by atoms with Crippen LogP contribution in [0.5, 0.6) is 0 Å². The summed E-state index contributed by atoms with van der Waals surface area (Å²) in [5, 5.41) is 19.4. The molecule has 0 saturated carbocycles. The zero-order valence-electron chi connectivity index (χ0n) is 9.97. The summed E-state index contributed by atoms with van der Waals surface area (Å²) in [4.78, 5) is 33.4. The van der Waals surface area contributed by atoms with Crippen molar-refractivity contribution in [3.63, 3.8) is 0 Å². The summed E-state index contributed by atoms with van der Waals surface area (Å²) >= 11 is 5.72. The lowest BCUT2D eigenvalue weighted by Gasteiger charge is -2.19. The quantitative estimate of drug-likeness (QED) is 0.764. The number of benzene rings is 1. The summed E-state index contributed by atoms with van der Waals surface area (Å²) < 4.78 is 13.0. The van der Waals surface area contributed by atoms with Crippen molar-refractivity contribution in [2.75, 3.05) is 18.4 Å². The van der Waals surface area contributed by atoms with Gasteiger partial charge in [0.1, 0.15) is 18.9 Å². The zero-order valence-corrected chi connectivity index (χ0v) is 10.7. The minimum Gasteiger partial charge on any atom is -0.480 e. The van der Waals surface area contributed by atoms with E-state index in [4.69, 9.17) is 21.8 Å². The van der Waals surface area contributed by atoms with Gasteiger partial charge in [-0.2, -0.15) is 0 Å². The number of carboxylic acid groups (broad SMARTS) is 2. The third-order valence-corrected chi connectivity index (χ3v) is 2.44. The van der Waals surface area contributed by atoms with Crippen LogP contribution < -0.4 is 5.32 Å². The number of carbonyl (C=O) groups is 3. The van der Waals surface area contributed by atoms with Gasteiger partial charge in [0, 0.05) is 0 Å². The Hall–Kier alpha value is -2.35. The number of hydrogen-bond donors (Lipinski definition) is 3. The molecule has 0 fully saturated rings. The smallest absolute Gasteiger partial charge is 0.323 e. The molecule has 1 aromatic carbocycles. The third-order valence-electron chi connectivity index (χ3n) is 2.11. The normalized spacial score (nSPS) is 9.90. The van der Waals surface area contributed by atoms with Crippen molar-refractivity contribution in [1.29, 1.82) is 0 Å². The molecule has 2 amide bonds. The Morgan fingerprint density at radius 1 is 1.20 bits per heavy atom. The number of anilines is 1. The molecular weight excluding hydrogens is 295 g/mol. The first kappa shape index (κ1) is 15.7. The Labute approximate surface area is 117 Å². The van der Waals surface area contributed by atoms with E-state index >= 15 is 0 Å². The van der Waals surface area contributed by atoms with Crippen LogP contribution in [0.25, 0.3) is 0 Å². The van der Waals surface area contributed by atoms with Crippen molar-refractivity contribution >= 4 is 35.3 Å². The molecule has 0 spiro atoms. The van der Waals surface area contributed by atoms with E-state index in [1.54, 1.807) is 0 Å². The number of amides is 2. The fraction of sp³-hybridized carbons (Fsp3) is 0.182. The largest absolute Gasteiger partial charge is 0.480 e.